The van der Waals surface area contributed by atoms with E-state index in [2.05, 4.69) is 11.1 Å². The molecule has 0 spiro atoms. The predicted octanol–water partition coefficient (Wildman–Crippen LogP) is 7.26. The smallest absolute Gasteiger partial charge is 0.342 e. The van der Waals surface area contributed by atoms with Crippen molar-refractivity contribution >= 4 is 38.5 Å². The Morgan fingerprint density at radius 1 is 0.923 bits per heavy atom. The minimum Gasteiger partial charge on any atom is -0.342 e. The third-order valence-electron chi connectivity index (χ3n) is 7.85. The van der Waals surface area contributed by atoms with Crippen molar-refractivity contribution in [2.75, 3.05) is 13.1 Å². The number of thiazole rings is 1. The fourth-order valence-electron chi connectivity index (χ4n) is 5.59. The van der Waals surface area contributed by atoms with Crippen LogP contribution < -0.4 is 0 Å². The number of imidazole rings is 1. The molecule has 0 bridgehead atoms. The summed E-state index contributed by atoms with van der Waals surface area (Å²) >= 11 is 1.60. The predicted molar refractivity (Wildman–Crippen MR) is 146 cm³/mol. The van der Waals surface area contributed by atoms with Gasteiger partial charge in [-0.25, -0.2) is 9.97 Å². The van der Waals surface area contributed by atoms with Gasteiger partial charge in [-0.1, -0.05) is 30.3 Å². The molecular weight excluding hydrogens is 521 g/mol. The van der Waals surface area contributed by atoms with Gasteiger partial charge in [0.1, 0.15) is 5.82 Å². The third kappa shape index (κ3) is 4.58. The Morgan fingerprint density at radius 3 is 2.46 bits per heavy atom. The minimum atomic E-state index is -4.44. The van der Waals surface area contributed by atoms with Crippen LogP contribution in [0.25, 0.3) is 43.8 Å². The summed E-state index contributed by atoms with van der Waals surface area (Å²) in [5, 5.41) is 0. The number of carbonyl (C=O) groups is 1. The summed E-state index contributed by atoms with van der Waals surface area (Å²) in [6.45, 7) is 2.00. The molecule has 1 amide bonds. The monoisotopic (exact) mass is 546 g/mol. The zero-order valence-corrected chi connectivity index (χ0v) is 21.8. The summed E-state index contributed by atoms with van der Waals surface area (Å²) in [5.41, 5.74) is 6.05. The van der Waals surface area contributed by atoms with Gasteiger partial charge in [0.05, 0.1) is 32.3 Å². The Bertz CT molecular complexity index is 1700. The lowest BCUT2D eigenvalue weighted by atomic mass is 10.0. The lowest BCUT2D eigenvalue weighted by Crippen LogP contribution is -2.30. The summed E-state index contributed by atoms with van der Waals surface area (Å²) in [7, 11) is 0. The molecule has 1 aliphatic carbocycles. The molecule has 198 valence electrons. The average molecular weight is 547 g/mol. The first-order valence-electron chi connectivity index (χ1n) is 13.1. The molecule has 39 heavy (non-hydrogen) atoms. The van der Waals surface area contributed by atoms with Gasteiger partial charge in [-0.05, 0) is 66.6 Å². The number of hydrogen-bond acceptors (Lipinski definition) is 4. The van der Waals surface area contributed by atoms with Crippen LogP contribution in [0.5, 0.6) is 0 Å². The zero-order valence-electron chi connectivity index (χ0n) is 21.0. The van der Waals surface area contributed by atoms with Crippen molar-refractivity contribution in [3.8, 4) is 22.5 Å². The number of nitrogens with zero attached hydrogens (tertiary/aromatic N) is 4. The number of benzene rings is 3. The molecule has 1 aliphatic heterocycles. The fraction of sp³-hybridized carbons (Fsp3) is 0.300. The molecule has 2 fully saturated rings. The highest BCUT2D eigenvalue weighted by Crippen LogP contribution is 2.36. The highest BCUT2D eigenvalue weighted by Gasteiger charge is 2.37. The van der Waals surface area contributed by atoms with Crippen molar-refractivity contribution in [3.05, 3.63) is 71.7 Å². The highest BCUT2D eigenvalue weighted by atomic mass is 32.1. The largest absolute Gasteiger partial charge is 0.416 e. The van der Waals surface area contributed by atoms with Crippen LogP contribution in [-0.2, 0) is 17.5 Å². The van der Waals surface area contributed by atoms with E-state index in [1.807, 2.05) is 51.4 Å². The van der Waals surface area contributed by atoms with Crippen molar-refractivity contribution in [1.29, 1.82) is 0 Å². The van der Waals surface area contributed by atoms with Crippen LogP contribution in [0.3, 0.4) is 0 Å². The molecule has 0 radical (unpaired) electrons. The summed E-state index contributed by atoms with van der Waals surface area (Å²) in [6.07, 6.45) is -1.61. The highest BCUT2D eigenvalue weighted by molar-refractivity contribution is 7.16. The van der Waals surface area contributed by atoms with Gasteiger partial charge in [-0.3, -0.25) is 4.79 Å². The van der Waals surface area contributed by atoms with Crippen molar-refractivity contribution in [3.63, 3.8) is 0 Å². The lowest BCUT2D eigenvalue weighted by molar-refractivity contribution is -0.137. The van der Waals surface area contributed by atoms with Crippen molar-refractivity contribution in [2.24, 2.45) is 11.8 Å². The molecular formula is C30H25F3N4OS. The van der Waals surface area contributed by atoms with E-state index in [4.69, 9.17) is 4.98 Å². The maximum atomic E-state index is 13.5. The van der Waals surface area contributed by atoms with E-state index in [9.17, 15) is 18.0 Å². The maximum Gasteiger partial charge on any atom is 0.416 e. The molecule has 0 unspecified atom stereocenters. The second-order valence-corrected chi connectivity index (χ2v) is 11.5. The maximum absolute atomic E-state index is 13.5. The summed E-state index contributed by atoms with van der Waals surface area (Å²) in [6, 6.07) is 17.9. The van der Waals surface area contributed by atoms with E-state index in [0.717, 1.165) is 64.8 Å². The van der Waals surface area contributed by atoms with Gasteiger partial charge in [0.25, 0.3) is 0 Å². The molecule has 1 saturated heterocycles. The SMILES string of the molecule is O=C(C1CC1)N1CC[C@@H](Cn2c(-c3ccc(-c4ccc5ncsc5c4)cc3)nc3cc(C(F)(F)F)ccc32)C1. The van der Waals surface area contributed by atoms with Crippen LogP contribution >= 0.6 is 11.3 Å². The molecule has 7 rings (SSSR count). The molecule has 2 aliphatic rings. The topological polar surface area (TPSA) is 51.0 Å². The fourth-order valence-corrected chi connectivity index (χ4v) is 6.30. The van der Waals surface area contributed by atoms with Crippen LogP contribution in [0.4, 0.5) is 13.2 Å². The number of alkyl halides is 3. The third-order valence-corrected chi connectivity index (χ3v) is 8.64. The number of likely N-dealkylation sites (tertiary alicyclic amines) is 1. The van der Waals surface area contributed by atoms with Gasteiger partial charge < -0.3 is 9.47 Å². The first-order chi connectivity index (χ1) is 18.8. The Morgan fingerprint density at radius 2 is 1.69 bits per heavy atom. The van der Waals surface area contributed by atoms with Crippen molar-refractivity contribution in [2.45, 2.75) is 32.0 Å². The number of rotatable bonds is 5. The first-order valence-corrected chi connectivity index (χ1v) is 14.0. The number of fused-ring (bicyclic) bond motifs is 2. The van der Waals surface area contributed by atoms with Crippen molar-refractivity contribution in [1.82, 2.24) is 19.4 Å². The van der Waals surface area contributed by atoms with E-state index in [1.54, 1.807) is 11.3 Å². The number of halogens is 3. The Balaban J connectivity index is 1.24. The molecule has 5 nitrogen and oxygen atoms in total. The number of hydrogen-bond donors (Lipinski definition) is 0. The summed E-state index contributed by atoms with van der Waals surface area (Å²) < 4.78 is 43.6. The van der Waals surface area contributed by atoms with Gasteiger partial charge in [-0.2, -0.15) is 13.2 Å². The van der Waals surface area contributed by atoms with Gasteiger partial charge in [0.2, 0.25) is 5.91 Å². The molecule has 1 saturated carbocycles. The normalized spacial score (nSPS) is 17.9. The molecule has 2 aromatic heterocycles. The summed E-state index contributed by atoms with van der Waals surface area (Å²) in [5.74, 6) is 1.29. The van der Waals surface area contributed by atoms with E-state index in [-0.39, 0.29) is 17.7 Å². The van der Waals surface area contributed by atoms with E-state index < -0.39 is 11.7 Å². The first kappa shape index (κ1) is 24.3. The Labute approximate surface area is 226 Å². The molecule has 3 aromatic carbocycles. The van der Waals surface area contributed by atoms with Crippen LogP contribution in [0, 0.1) is 11.8 Å². The van der Waals surface area contributed by atoms with Gasteiger partial charge in [-0.15, -0.1) is 11.3 Å². The van der Waals surface area contributed by atoms with E-state index in [1.165, 1.54) is 6.07 Å². The molecule has 9 heteroatoms. The van der Waals surface area contributed by atoms with Gasteiger partial charge >= 0.3 is 6.18 Å². The second-order valence-electron chi connectivity index (χ2n) is 10.6. The van der Waals surface area contributed by atoms with Crippen LogP contribution in [0.2, 0.25) is 0 Å². The number of carbonyl (C=O) groups excluding carboxylic acids is 1. The Kier molecular flexibility index (Phi) is 5.73. The molecule has 0 N–H and O–H groups in total. The average Bonchev–Trinajstić information content (AvgIpc) is 3.33. The number of amides is 1. The van der Waals surface area contributed by atoms with Gasteiger partial charge in [0, 0.05) is 31.1 Å². The minimum absolute atomic E-state index is 0.185. The zero-order chi connectivity index (χ0) is 26.7. The standard InChI is InChI=1S/C30H25F3N4OS/c31-30(32,33)23-8-10-26-25(14-23)35-28(37(26)16-18-11-12-36(15-18)29(38)21-5-6-21)20-3-1-19(2-4-20)22-7-9-24-27(13-22)39-17-34-24/h1-4,7-10,13-14,17-18,21H,5-6,11-12,15-16H2/t18-/m1/s1. The van der Waals surface area contributed by atoms with E-state index in [0.29, 0.717) is 29.9 Å². The molecule has 5 aromatic rings. The van der Waals surface area contributed by atoms with Crippen LogP contribution in [-0.4, -0.2) is 38.4 Å². The summed E-state index contributed by atoms with van der Waals surface area (Å²) in [4.78, 5) is 23.6. The van der Waals surface area contributed by atoms with Crippen LogP contribution in [0.1, 0.15) is 24.8 Å². The molecule has 3 heterocycles. The van der Waals surface area contributed by atoms with Crippen molar-refractivity contribution < 1.29 is 18.0 Å². The Hall–Kier alpha value is -3.72. The van der Waals surface area contributed by atoms with E-state index >= 15 is 0 Å². The second kappa shape index (κ2) is 9.19. The van der Waals surface area contributed by atoms with Crippen LogP contribution in [0.15, 0.2) is 66.2 Å². The number of aromatic nitrogens is 3. The molecule has 1 atom stereocenters. The lowest BCUT2D eigenvalue weighted by Gasteiger charge is -2.18. The quantitative estimate of drug-likeness (QED) is 0.233. The van der Waals surface area contributed by atoms with Gasteiger partial charge in [0.15, 0.2) is 0 Å².